The van der Waals surface area contributed by atoms with Crippen LogP contribution in [-0.4, -0.2) is 30.5 Å². The third-order valence-corrected chi connectivity index (χ3v) is 4.11. The number of hydrogen-bond donors (Lipinski definition) is 1. The molecule has 1 aromatic heterocycles. The van der Waals surface area contributed by atoms with E-state index in [0.717, 1.165) is 24.5 Å². The van der Waals surface area contributed by atoms with E-state index in [1.54, 1.807) is 0 Å². The summed E-state index contributed by atoms with van der Waals surface area (Å²) in [6, 6.07) is 5.62. The highest BCUT2D eigenvalue weighted by molar-refractivity contribution is 7.90. The molecule has 1 aromatic carbocycles. The van der Waals surface area contributed by atoms with Crippen molar-refractivity contribution in [1.29, 1.82) is 0 Å². The summed E-state index contributed by atoms with van der Waals surface area (Å²) in [4.78, 5) is 25.2. The molecule has 0 atom stereocenters. The summed E-state index contributed by atoms with van der Waals surface area (Å²) in [5, 5.41) is 13.0. The zero-order chi connectivity index (χ0) is 17.9. The predicted octanol–water partition coefficient (Wildman–Crippen LogP) is 1.71. The van der Waals surface area contributed by atoms with Gasteiger partial charge in [0.15, 0.2) is 9.84 Å². The Morgan fingerprint density at radius 3 is 2.62 bits per heavy atom. The molecule has 0 saturated heterocycles. The van der Waals surface area contributed by atoms with Crippen LogP contribution in [-0.2, 0) is 21.1 Å². The minimum Gasteiger partial charge on any atom is -0.310 e. The van der Waals surface area contributed by atoms with Gasteiger partial charge in [0.1, 0.15) is 16.5 Å². The molecule has 0 aliphatic carbocycles. The van der Waals surface area contributed by atoms with E-state index in [1.165, 1.54) is 18.3 Å². The Morgan fingerprint density at radius 2 is 2.04 bits per heavy atom. The van der Waals surface area contributed by atoms with Crippen molar-refractivity contribution in [2.45, 2.75) is 11.3 Å². The molecule has 24 heavy (non-hydrogen) atoms. The lowest BCUT2D eigenvalue weighted by atomic mass is 10.1. The van der Waals surface area contributed by atoms with Crippen LogP contribution in [0.15, 0.2) is 41.4 Å². The van der Waals surface area contributed by atoms with Crippen LogP contribution in [0.3, 0.4) is 0 Å². The number of amides is 1. The molecular formula is C14H12FN3O5S. The van der Waals surface area contributed by atoms with E-state index in [-0.39, 0.29) is 23.5 Å². The molecule has 1 N–H and O–H groups in total. The number of anilines is 1. The molecule has 1 heterocycles. The van der Waals surface area contributed by atoms with Gasteiger partial charge in [-0.1, -0.05) is 6.07 Å². The largest absolute Gasteiger partial charge is 0.310 e. The van der Waals surface area contributed by atoms with E-state index >= 15 is 0 Å². The average molecular weight is 353 g/mol. The SMILES string of the molecule is CS(=O)(=O)c1ccc(CC(=O)Nc2cc([N+](=O)[O-])ccn2)cc1F. The molecule has 126 valence electrons. The molecule has 2 aromatic rings. The van der Waals surface area contributed by atoms with Crippen molar-refractivity contribution >= 4 is 27.2 Å². The third-order valence-electron chi connectivity index (χ3n) is 2.98. The number of halogens is 1. The number of nitrogens with zero attached hydrogens (tertiary/aromatic N) is 2. The van der Waals surface area contributed by atoms with Crippen LogP contribution in [0, 0.1) is 15.9 Å². The molecule has 1 amide bonds. The lowest BCUT2D eigenvalue weighted by molar-refractivity contribution is -0.384. The minimum atomic E-state index is -3.69. The van der Waals surface area contributed by atoms with Crippen molar-refractivity contribution in [3.05, 3.63) is 58.0 Å². The van der Waals surface area contributed by atoms with Crippen LogP contribution in [0.25, 0.3) is 0 Å². The second-order valence-electron chi connectivity index (χ2n) is 4.92. The normalized spacial score (nSPS) is 11.1. The van der Waals surface area contributed by atoms with E-state index in [1.807, 2.05) is 0 Å². The van der Waals surface area contributed by atoms with Gasteiger partial charge in [-0.2, -0.15) is 0 Å². The number of sulfone groups is 1. The Bertz CT molecular complexity index is 914. The molecule has 0 fully saturated rings. The highest BCUT2D eigenvalue weighted by atomic mass is 32.2. The van der Waals surface area contributed by atoms with Gasteiger partial charge in [0.2, 0.25) is 5.91 Å². The summed E-state index contributed by atoms with van der Waals surface area (Å²) in [6.45, 7) is 0. The summed E-state index contributed by atoms with van der Waals surface area (Å²) in [5.41, 5.74) is 0.0201. The van der Waals surface area contributed by atoms with Crippen molar-refractivity contribution in [2.75, 3.05) is 11.6 Å². The molecule has 10 heteroatoms. The Labute approximate surface area is 136 Å². The quantitative estimate of drug-likeness (QED) is 0.645. The Morgan fingerprint density at radius 1 is 1.33 bits per heavy atom. The highest BCUT2D eigenvalue weighted by Crippen LogP contribution is 2.17. The summed E-state index contributed by atoms with van der Waals surface area (Å²) in [6.07, 6.45) is 1.81. The first kappa shape index (κ1) is 17.5. The van der Waals surface area contributed by atoms with Gasteiger partial charge in [0, 0.05) is 18.5 Å². The molecule has 0 radical (unpaired) electrons. The highest BCUT2D eigenvalue weighted by Gasteiger charge is 2.15. The third kappa shape index (κ3) is 4.32. The fourth-order valence-electron chi connectivity index (χ4n) is 1.93. The number of nitrogens with one attached hydrogen (secondary N) is 1. The number of rotatable bonds is 5. The van der Waals surface area contributed by atoms with Gasteiger partial charge < -0.3 is 5.32 Å². The van der Waals surface area contributed by atoms with Crippen molar-refractivity contribution in [1.82, 2.24) is 4.98 Å². The van der Waals surface area contributed by atoms with Gasteiger partial charge in [0.25, 0.3) is 5.69 Å². The number of nitro groups is 1. The first-order valence-corrected chi connectivity index (χ1v) is 8.45. The number of aromatic nitrogens is 1. The van der Waals surface area contributed by atoms with Crippen molar-refractivity contribution in [3.63, 3.8) is 0 Å². The topological polar surface area (TPSA) is 119 Å². The maximum Gasteiger partial charge on any atom is 0.274 e. The number of carbonyl (C=O) groups excluding carboxylic acids is 1. The van der Waals surface area contributed by atoms with Gasteiger partial charge in [-0.15, -0.1) is 0 Å². The fourth-order valence-corrected chi connectivity index (χ4v) is 2.66. The van der Waals surface area contributed by atoms with Crippen LogP contribution < -0.4 is 5.32 Å². The van der Waals surface area contributed by atoms with E-state index in [9.17, 15) is 27.7 Å². The van der Waals surface area contributed by atoms with Crippen LogP contribution >= 0.6 is 0 Å². The number of hydrogen-bond acceptors (Lipinski definition) is 6. The van der Waals surface area contributed by atoms with E-state index in [0.29, 0.717) is 0 Å². The van der Waals surface area contributed by atoms with Crippen LogP contribution in [0.4, 0.5) is 15.9 Å². The first-order chi connectivity index (χ1) is 11.2. The summed E-state index contributed by atoms with van der Waals surface area (Å²) in [7, 11) is -3.69. The monoisotopic (exact) mass is 353 g/mol. The van der Waals surface area contributed by atoms with Gasteiger partial charge in [-0.05, 0) is 17.7 Å². The second kappa shape index (κ2) is 6.71. The molecule has 0 aliphatic heterocycles. The van der Waals surface area contributed by atoms with E-state index in [2.05, 4.69) is 10.3 Å². The Kier molecular flexibility index (Phi) is 4.88. The van der Waals surface area contributed by atoms with Gasteiger partial charge >= 0.3 is 0 Å². The maximum absolute atomic E-state index is 13.8. The zero-order valence-corrected chi connectivity index (χ0v) is 13.2. The number of carbonyl (C=O) groups is 1. The average Bonchev–Trinajstić information content (AvgIpc) is 2.45. The first-order valence-electron chi connectivity index (χ1n) is 6.55. The minimum absolute atomic E-state index is 0.0116. The summed E-state index contributed by atoms with van der Waals surface area (Å²) < 4.78 is 36.4. The molecular weight excluding hydrogens is 341 g/mol. The molecule has 2 rings (SSSR count). The summed E-state index contributed by atoms with van der Waals surface area (Å²) >= 11 is 0. The maximum atomic E-state index is 13.8. The van der Waals surface area contributed by atoms with Gasteiger partial charge in [-0.25, -0.2) is 17.8 Å². The molecule has 0 spiro atoms. The Balaban J connectivity index is 2.12. The smallest absolute Gasteiger partial charge is 0.274 e. The molecule has 0 unspecified atom stereocenters. The van der Waals surface area contributed by atoms with Crippen molar-refractivity contribution < 1.29 is 22.5 Å². The number of benzene rings is 1. The second-order valence-corrected chi connectivity index (χ2v) is 6.90. The van der Waals surface area contributed by atoms with Gasteiger partial charge in [-0.3, -0.25) is 14.9 Å². The lowest BCUT2D eigenvalue weighted by Gasteiger charge is -2.06. The van der Waals surface area contributed by atoms with E-state index in [4.69, 9.17) is 0 Å². The van der Waals surface area contributed by atoms with Crippen molar-refractivity contribution in [2.24, 2.45) is 0 Å². The Hall–Kier alpha value is -2.88. The fraction of sp³-hybridized carbons (Fsp3) is 0.143. The lowest BCUT2D eigenvalue weighted by Crippen LogP contribution is -2.15. The van der Waals surface area contributed by atoms with Crippen LogP contribution in [0.1, 0.15) is 5.56 Å². The molecule has 8 nitrogen and oxygen atoms in total. The van der Waals surface area contributed by atoms with Crippen molar-refractivity contribution in [3.8, 4) is 0 Å². The molecule has 0 aliphatic rings. The standard InChI is InChI=1S/C14H12FN3O5S/c1-24(22,23)12-3-2-9(6-11(12)15)7-14(19)17-13-8-10(18(20)21)4-5-16-13/h2-6,8H,7H2,1H3,(H,16,17,19). The van der Waals surface area contributed by atoms with Gasteiger partial charge in [0.05, 0.1) is 17.4 Å². The van der Waals surface area contributed by atoms with E-state index < -0.39 is 31.4 Å². The predicted molar refractivity (Wildman–Crippen MR) is 82.7 cm³/mol. The van der Waals surface area contributed by atoms with Crippen LogP contribution in [0.2, 0.25) is 0 Å². The zero-order valence-electron chi connectivity index (χ0n) is 12.4. The molecule has 0 saturated carbocycles. The number of pyridine rings is 1. The van der Waals surface area contributed by atoms with Crippen LogP contribution in [0.5, 0.6) is 0 Å². The summed E-state index contributed by atoms with van der Waals surface area (Å²) in [5.74, 6) is -1.53. The molecule has 0 bridgehead atoms.